The van der Waals surface area contributed by atoms with Gasteiger partial charge < -0.3 is 9.47 Å². The van der Waals surface area contributed by atoms with Crippen molar-refractivity contribution >= 4 is 28.6 Å². The minimum Gasteiger partial charge on any atom is -0.465 e. The highest BCUT2D eigenvalue weighted by atomic mass is 127. The number of carbonyl (C=O) groups excluding carboxylic acids is 1. The zero-order valence-electron chi connectivity index (χ0n) is 7.97. The summed E-state index contributed by atoms with van der Waals surface area (Å²) >= 11 is 1.64. The van der Waals surface area contributed by atoms with E-state index >= 15 is 0 Å². The number of carbonyl (C=O) groups is 1. The number of esters is 1. The van der Waals surface area contributed by atoms with Gasteiger partial charge in [0.1, 0.15) is 5.75 Å². The molecule has 0 radical (unpaired) electrons. The van der Waals surface area contributed by atoms with E-state index in [2.05, 4.69) is 9.47 Å². The fourth-order valence-electron chi connectivity index (χ4n) is 0.953. The maximum atomic E-state index is 11.9. The Morgan fingerprint density at radius 1 is 1.38 bits per heavy atom. The molecule has 1 rings (SSSR count). The van der Waals surface area contributed by atoms with E-state index in [4.69, 9.17) is 0 Å². The lowest BCUT2D eigenvalue weighted by atomic mass is 10.2. The van der Waals surface area contributed by atoms with Gasteiger partial charge in [0.2, 0.25) is 0 Å². The molecule has 0 aromatic heterocycles. The zero-order chi connectivity index (χ0) is 12.3. The van der Waals surface area contributed by atoms with Crippen LogP contribution in [0.5, 0.6) is 5.75 Å². The summed E-state index contributed by atoms with van der Waals surface area (Å²) in [7, 11) is 1.19. The van der Waals surface area contributed by atoms with Crippen molar-refractivity contribution in [1.82, 2.24) is 0 Å². The van der Waals surface area contributed by atoms with Crippen LogP contribution in [-0.2, 0) is 4.74 Å². The first-order chi connectivity index (χ1) is 7.33. The van der Waals surface area contributed by atoms with Crippen LogP contribution < -0.4 is 4.74 Å². The van der Waals surface area contributed by atoms with Gasteiger partial charge in [-0.2, -0.15) is 0 Å². The van der Waals surface area contributed by atoms with Crippen LogP contribution in [0.15, 0.2) is 18.2 Å². The molecule has 1 aromatic carbocycles. The summed E-state index contributed by atoms with van der Waals surface area (Å²) in [4.78, 5) is 11.1. The molecular weight excluding hydrogens is 340 g/mol. The third-order valence-electron chi connectivity index (χ3n) is 1.58. The Bertz CT molecular complexity index is 403. The second-order valence-corrected chi connectivity index (χ2v) is 3.85. The van der Waals surface area contributed by atoms with Crippen LogP contribution in [-0.4, -0.2) is 19.4 Å². The first-order valence-electron chi connectivity index (χ1n) is 3.97. The standard InChI is InChI=1S/C9H6F3IO3/c1-15-8(14)5-2-3-7(6(13)4-5)16-9(10,11)12/h2-4H,1H3. The molecule has 16 heavy (non-hydrogen) atoms. The van der Waals surface area contributed by atoms with E-state index in [1.807, 2.05) is 0 Å². The Balaban J connectivity index is 2.96. The molecule has 0 aliphatic carbocycles. The van der Waals surface area contributed by atoms with E-state index in [0.29, 0.717) is 0 Å². The van der Waals surface area contributed by atoms with Crippen molar-refractivity contribution in [1.29, 1.82) is 0 Å². The average molecular weight is 346 g/mol. The number of hydrogen-bond acceptors (Lipinski definition) is 3. The number of ether oxygens (including phenoxy) is 2. The molecule has 3 nitrogen and oxygen atoms in total. The second kappa shape index (κ2) is 4.89. The van der Waals surface area contributed by atoms with Crippen molar-refractivity contribution in [3.8, 4) is 5.75 Å². The summed E-state index contributed by atoms with van der Waals surface area (Å²) in [5.74, 6) is -0.961. The predicted molar refractivity (Wildman–Crippen MR) is 57.2 cm³/mol. The number of halogens is 4. The Morgan fingerprint density at radius 3 is 2.44 bits per heavy atom. The fraction of sp³-hybridized carbons (Fsp3) is 0.222. The molecule has 0 heterocycles. The molecule has 0 N–H and O–H groups in total. The number of hydrogen-bond donors (Lipinski definition) is 0. The lowest BCUT2D eigenvalue weighted by molar-refractivity contribution is -0.274. The van der Waals surface area contributed by atoms with E-state index in [1.165, 1.54) is 19.2 Å². The van der Waals surface area contributed by atoms with E-state index in [1.54, 1.807) is 22.6 Å². The van der Waals surface area contributed by atoms with E-state index in [0.717, 1.165) is 6.07 Å². The SMILES string of the molecule is COC(=O)c1ccc(OC(F)(F)F)c(I)c1. The van der Waals surface area contributed by atoms with E-state index < -0.39 is 12.3 Å². The summed E-state index contributed by atoms with van der Waals surface area (Å²) in [6.45, 7) is 0. The third-order valence-corrected chi connectivity index (χ3v) is 2.42. The van der Waals surface area contributed by atoms with Crippen LogP contribution in [0.4, 0.5) is 13.2 Å². The summed E-state index contributed by atoms with van der Waals surface area (Å²) in [5.41, 5.74) is 0.168. The van der Waals surface area contributed by atoms with E-state index in [-0.39, 0.29) is 14.9 Å². The van der Waals surface area contributed by atoms with Gasteiger partial charge in [0.05, 0.1) is 16.2 Å². The topological polar surface area (TPSA) is 35.5 Å². The monoisotopic (exact) mass is 346 g/mol. The molecule has 0 aliphatic heterocycles. The normalized spacial score (nSPS) is 11.1. The van der Waals surface area contributed by atoms with Gasteiger partial charge in [0.25, 0.3) is 0 Å². The number of benzene rings is 1. The van der Waals surface area contributed by atoms with Crippen LogP contribution in [0.2, 0.25) is 0 Å². The van der Waals surface area contributed by atoms with Crippen molar-refractivity contribution in [3.63, 3.8) is 0 Å². The predicted octanol–water partition coefficient (Wildman–Crippen LogP) is 2.98. The quantitative estimate of drug-likeness (QED) is 0.610. The first-order valence-corrected chi connectivity index (χ1v) is 5.05. The van der Waals surface area contributed by atoms with Crippen molar-refractivity contribution in [3.05, 3.63) is 27.3 Å². The van der Waals surface area contributed by atoms with Crippen LogP contribution in [0.3, 0.4) is 0 Å². The van der Waals surface area contributed by atoms with Crippen molar-refractivity contribution in [2.24, 2.45) is 0 Å². The van der Waals surface area contributed by atoms with Crippen molar-refractivity contribution in [2.45, 2.75) is 6.36 Å². The fourth-order valence-corrected chi connectivity index (χ4v) is 1.58. The van der Waals surface area contributed by atoms with Crippen LogP contribution in [0.25, 0.3) is 0 Å². The molecule has 1 aromatic rings. The largest absolute Gasteiger partial charge is 0.573 e. The lowest BCUT2D eigenvalue weighted by Crippen LogP contribution is -2.18. The van der Waals surface area contributed by atoms with Gasteiger partial charge in [-0.3, -0.25) is 0 Å². The molecule has 0 fully saturated rings. The van der Waals surface area contributed by atoms with Gasteiger partial charge in [-0.05, 0) is 40.8 Å². The van der Waals surface area contributed by atoms with E-state index in [9.17, 15) is 18.0 Å². The lowest BCUT2D eigenvalue weighted by Gasteiger charge is -2.10. The molecule has 0 bridgehead atoms. The summed E-state index contributed by atoms with van der Waals surface area (Å²) in [5, 5.41) is 0. The van der Waals surface area contributed by atoms with Crippen LogP contribution in [0.1, 0.15) is 10.4 Å². The summed E-state index contributed by atoms with van der Waals surface area (Å²) < 4.78 is 44.1. The maximum absolute atomic E-state index is 11.9. The molecule has 0 atom stereocenters. The van der Waals surface area contributed by atoms with Crippen LogP contribution in [0, 0.1) is 3.57 Å². The number of rotatable bonds is 2. The van der Waals surface area contributed by atoms with Gasteiger partial charge in [0.15, 0.2) is 0 Å². The van der Waals surface area contributed by atoms with Gasteiger partial charge in [-0.25, -0.2) is 4.79 Å². The molecule has 88 valence electrons. The average Bonchev–Trinajstić information content (AvgIpc) is 2.18. The number of alkyl halides is 3. The highest BCUT2D eigenvalue weighted by molar-refractivity contribution is 14.1. The smallest absolute Gasteiger partial charge is 0.465 e. The molecule has 7 heteroatoms. The minimum atomic E-state index is -4.74. The Morgan fingerprint density at radius 2 is 2.00 bits per heavy atom. The molecule has 0 spiro atoms. The summed E-state index contributed by atoms with van der Waals surface area (Å²) in [6, 6.07) is 3.53. The zero-order valence-corrected chi connectivity index (χ0v) is 10.1. The maximum Gasteiger partial charge on any atom is 0.573 e. The van der Waals surface area contributed by atoms with Gasteiger partial charge in [-0.1, -0.05) is 0 Å². The Labute approximate surface area is 103 Å². The second-order valence-electron chi connectivity index (χ2n) is 2.68. The summed E-state index contributed by atoms with van der Waals surface area (Å²) in [6.07, 6.45) is -4.74. The molecule has 0 amide bonds. The first kappa shape index (κ1) is 13.1. The molecule has 0 aliphatic rings. The third kappa shape index (κ3) is 3.54. The number of methoxy groups -OCH3 is 1. The van der Waals surface area contributed by atoms with Gasteiger partial charge in [0, 0.05) is 0 Å². The molecule has 0 saturated heterocycles. The molecular formula is C9H6F3IO3. The Hall–Kier alpha value is -0.990. The highest BCUT2D eigenvalue weighted by Gasteiger charge is 2.32. The van der Waals surface area contributed by atoms with Crippen LogP contribution >= 0.6 is 22.6 Å². The molecule has 0 saturated carbocycles. The minimum absolute atomic E-state index is 0.168. The highest BCUT2D eigenvalue weighted by Crippen LogP contribution is 2.28. The van der Waals surface area contributed by atoms with Gasteiger partial charge >= 0.3 is 12.3 Å². The molecule has 0 unspecified atom stereocenters. The Kier molecular flexibility index (Phi) is 4.00. The van der Waals surface area contributed by atoms with Crippen molar-refractivity contribution < 1.29 is 27.4 Å². The van der Waals surface area contributed by atoms with Crippen molar-refractivity contribution in [2.75, 3.05) is 7.11 Å². The van der Waals surface area contributed by atoms with Gasteiger partial charge in [-0.15, -0.1) is 13.2 Å².